The van der Waals surface area contributed by atoms with E-state index in [2.05, 4.69) is 54.0 Å². The van der Waals surface area contributed by atoms with Gasteiger partial charge in [0.15, 0.2) is 0 Å². The van der Waals surface area contributed by atoms with Gasteiger partial charge >= 0.3 is 0 Å². The summed E-state index contributed by atoms with van der Waals surface area (Å²) in [6.45, 7) is 7.77. The number of aromatic nitrogens is 2. The van der Waals surface area contributed by atoms with Crippen LogP contribution < -0.4 is 31.9 Å². The maximum absolute atomic E-state index is 4.33. The van der Waals surface area contributed by atoms with Crippen LogP contribution in [0.2, 0.25) is 0 Å². The summed E-state index contributed by atoms with van der Waals surface area (Å²) in [5.41, 5.74) is 4.28. The maximum Gasteiger partial charge on any atom is 0.0547 e. The van der Waals surface area contributed by atoms with Crippen LogP contribution in [-0.4, -0.2) is 62.3 Å². The van der Waals surface area contributed by atoms with Crippen molar-refractivity contribution in [2.45, 2.75) is 25.7 Å². The molecule has 2 aromatic rings. The van der Waals surface area contributed by atoms with Crippen LogP contribution in [0.1, 0.15) is 25.7 Å². The molecule has 4 bridgehead atoms. The molecule has 0 saturated heterocycles. The van der Waals surface area contributed by atoms with Gasteiger partial charge in [0.25, 0.3) is 0 Å². The Hall–Kier alpha value is -2.58. The number of pyridine rings is 2. The first kappa shape index (κ1) is 22.1. The first-order chi connectivity index (χ1) is 14.9. The molecule has 30 heavy (non-hydrogen) atoms. The monoisotopic (exact) mass is 412 g/mol. The molecule has 3 rings (SSSR count). The van der Waals surface area contributed by atoms with Gasteiger partial charge in [0.05, 0.1) is 47.5 Å². The summed E-state index contributed by atoms with van der Waals surface area (Å²) in [6.07, 6.45) is 11.8. The van der Waals surface area contributed by atoms with E-state index in [9.17, 15) is 0 Å². The lowest BCUT2D eigenvalue weighted by Gasteiger charge is -2.12. The molecule has 8 heteroatoms. The highest BCUT2D eigenvalue weighted by atomic mass is 15.0. The van der Waals surface area contributed by atoms with Crippen LogP contribution in [0.4, 0.5) is 22.7 Å². The number of hydrogen-bond acceptors (Lipinski definition) is 8. The summed E-state index contributed by atoms with van der Waals surface area (Å²) in [4.78, 5) is 8.66. The normalized spacial score (nSPS) is 17.9. The van der Waals surface area contributed by atoms with E-state index in [4.69, 9.17) is 0 Å². The Labute approximate surface area is 180 Å². The van der Waals surface area contributed by atoms with Gasteiger partial charge in [-0.1, -0.05) is 0 Å². The minimum absolute atomic E-state index is 0.936. The van der Waals surface area contributed by atoms with E-state index in [1.54, 1.807) is 0 Å². The highest BCUT2D eigenvalue weighted by Crippen LogP contribution is 2.13. The van der Waals surface area contributed by atoms with Crippen LogP contribution in [0.25, 0.3) is 0 Å². The third kappa shape index (κ3) is 8.84. The number of nitrogens with one attached hydrogen (secondary N) is 6. The van der Waals surface area contributed by atoms with E-state index in [1.807, 2.05) is 24.8 Å². The second-order valence-corrected chi connectivity index (χ2v) is 7.55. The van der Waals surface area contributed by atoms with Crippen LogP contribution in [0, 0.1) is 0 Å². The summed E-state index contributed by atoms with van der Waals surface area (Å²) >= 11 is 0. The number of fused-ring (bicyclic) bond motifs is 4. The number of rotatable bonds is 0. The molecule has 0 amide bonds. The Morgan fingerprint density at radius 1 is 0.433 bits per heavy atom. The zero-order valence-corrected chi connectivity index (χ0v) is 17.8. The lowest BCUT2D eigenvalue weighted by Crippen LogP contribution is -2.21. The Morgan fingerprint density at radius 3 is 1.03 bits per heavy atom. The molecular weight excluding hydrogens is 376 g/mol. The lowest BCUT2D eigenvalue weighted by atomic mass is 10.3. The molecule has 0 atom stereocenters. The van der Waals surface area contributed by atoms with Crippen LogP contribution in [0.5, 0.6) is 0 Å². The van der Waals surface area contributed by atoms with Crippen molar-refractivity contribution in [2.24, 2.45) is 0 Å². The summed E-state index contributed by atoms with van der Waals surface area (Å²) in [5, 5.41) is 20.8. The van der Waals surface area contributed by atoms with Gasteiger partial charge in [-0.05, 0) is 64.0 Å². The number of hydrogen-bond donors (Lipinski definition) is 6. The van der Waals surface area contributed by atoms with Crippen LogP contribution in [-0.2, 0) is 0 Å². The molecule has 0 saturated carbocycles. The zero-order chi connectivity index (χ0) is 20.7. The highest BCUT2D eigenvalue weighted by Gasteiger charge is 1.99. The third-order valence-corrected chi connectivity index (χ3v) is 4.91. The minimum Gasteiger partial charge on any atom is -0.384 e. The van der Waals surface area contributed by atoms with E-state index < -0.39 is 0 Å². The van der Waals surface area contributed by atoms with Crippen molar-refractivity contribution in [3.63, 3.8) is 0 Å². The average molecular weight is 413 g/mol. The molecule has 0 aromatic carbocycles. The highest BCUT2D eigenvalue weighted by molar-refractivity contribution is 5.54. The van der Waals surface area contributed by atoms with E-state index in [0.29, 0.717) is 0 Å². The molecule has 0 aliphatic carbocycles. The van der Waals surface area contributed by atoms with Crippen molar-refractivity contribution >= 4 is 22.7 Å². The van der Waals surface area contributed by atoms with Crippen LogP contribution in [0.3, 0.4) is 0 Å². The standard InChI is InChI=1S/C22H36N8/c1-5-23-6-2-10-28-21-14-22(18-26-17-21)30-12-4-8-24-7-3-11-29-20-13-19(27-9-1)15-25-16-20/h13-18,23-24,27-30H,1-12H2. The zero-order valence-electron chi connectivity index (χ0n) is 17.8. The van der Waals surface area contributed by atoms with E-state index in [-0.39, 0.29) is 0 Å². The van der Waals surface area contributed by atoms with Crippen LogP contribution in [0.15, 0.2) is 36.9 Å². The number of nitrogens with zero attached hydrogens (tertiary/aromatic N) is 2. The van der Waals surface area contributed by atoms with Crippen molar-refractivity contribution in [3.8, 4) is 0 Å². The SMILES string of the molecule is c1ncc2cc1NCCCNCCCNc1cncc(c1)NCCCNCCCN2. The Kier molecular flexibility index (Phi) is 10.0. The average Bonchev–Trinajstić information content (AvgIpc) is 2.77. The van der Waals surface area contributed by atoms with Gasteiger partial charge in [-0.3, -0.25) is 9.97 Å². The second kappa shape index (κ2) is 13.6. The molecule has 164 valence electrons. The first-order valence-electron chi connectivity index (χ1n) is 11.2. The fourth-order valence-electron chi connectivity index (χ4n) is 3.30. The van der Waals surface area contributed by atoms with Gasteiger partial charge in [-0.15, -0.1) is 0 Å². The smallest absolute Gasteiger partial charge is 0.0547 e. The van der Waals surface area contributed by atoms with Gasteiger partial charge in [0.1, 0.15) is 0 Å². The maximum atomic E-state index is 4.33. The number of anilines is 4. The Bertz CT molecular complexity index is 612. The van der Waals surface area contributed by atoms with Gasteiger partial charge in [-0.25, -0.2) is 0 Å². The largest absolute Gasteiger partial charge is 0.384 e. The molecule has 1 aliphatic heterocycles. The summed E-state index contributed by atoms with van der Waals surface area (Å²) in [7, 11) is 0. The molecule has 1 aliphatic rings. The fraction of sp³-hybridized carbons (Fsp3) is 0.545. The molecule has 0 unspecified atom stereocenters. The van der Waals surface area contributed by atoms with Gasteiger partial charge in [0, 0.05) is 26.2 Å². The van der Waals surface area contributed by atoms with Crippen LogP contribution >= 0.6 is 0 Å². The van der Waals surface area contributed by atoms with Crippen molar-refractivity contribution in [1.82, 2.24) is 20.6 Å². The van der Waals surface area contributed by atoms with Gasteiger partial charge in [0.2, 0.25) is 0 Å². The summed E-state index contributed by atoms with van der Waals surface area (Å²) in [5.74, 6) is 0. The van der Waals surface area contributed by atoms with Crippen molar-refractivity contribution in [1.29, 1.82) is 0 Å². The first-order valence-corrected chi connectivity index (χ1v) is 11.2. The third-order valence-electron chi connectivity index (χ3n) is 4.91. The van der Waals surface area contributed by atoms with E-state index >= 15 is 0 Å². The predicted molar refractivity (Wildman–Crippen MR) is 127 cm³/mol. The van der Waals surface area contributed by atoms with Crippen molar-refractivity contribution < 1.29 is 0 Å². The molecule has 8 nitrogen and oxygen atoms in total. The molecule has 2 aromatic heterocycles. The Balaban J connectivity index is 1.45. The van der Waals surface area contributed by atoms with Crippen molar-refractivity contribution in [2.75, 3.05) is 73.6 Å². The predicted octanol–water partition coefficient (Wildman–Crippen LogP) is 2.58. The molecule has 0 radical (unpaired) electrons. The lowest BCUT2D eigenvalue weighted by molar-refractivity contribution is 0.642. The fourth-order valence-corrected chi connectivity index (χ4v) is 3.30. The second-order valence-electron chi connectivity index (χ2n) is 7.55. The molecule has 3 heterocycles. The van der Waals surface area contributed by atoms with Crippen molar-refractivity contribution in [3.05, 3.63) is 36.9 Å². The molecule has 6 N–H and O–H groups in total. The quantitative estimate of drug-likeness (QED) is 0.393. The summed E-state index contributed by atoms with van der Waals surface area (Å²) in [6, 6.07) is 4.26. The molecule has 0 fully saturated rings. The van der Waals surface area contributed by atoms with Gasteiger partial charge < -0.3 is 31.9 Å². The molecule has 0 spiro atoms. The van der Waals surface area contributed by atoms with E-state index in [0.717, 1.165) is 101 Å². The Morgan fingerprint density at radius 2 is 0.733 bits per heavy atom. The van der Waals surface area contributed by atoms with Gasteiger partial charge in [-0.2, -0.15) is 0 Å². The molecular formula is C22H36N8. The van der Waals surface area contributed by atoms with E-state index in [1.165, 1.54) is 0 Å². The summed E-state index contributed by atoms with van der Waals surface area (Å²) < 4.78 is 0. The topological polar surface area (TPSA) is 98.0 Å². The minimum atomic E-state index is 0.936.